The molecule has 3 heteroatoms. The minimum absolute atomic E-state index is 0.0335. The second-order valence-electron chi connectivity index (χ2n) is 1.92. The molecule has 1 aromatic rings. The van der Waals surface area contributed by atoms with Gasteiger partial charge in [0, 0.05) is 0 Å². The molecule has 0 aliphatic rings. The molecule has 0 radical (unpaired) electrons. The van der Waals surface area contributed by atoms with Crippen molar-refractivity contribution in [1.29, 1.82) is 0 Å². The SMILES string of the molecule is O=C(Cl)C#C[Se]c1ccccc1. The molecule has 0 aromatic heterocycles. The Labute approximate surface area is 82.3 Å². The van der Waals surface area contributed by atoms with Crippen molar-refractivity contribution in [3.05, 3.63) is 30.3 Å². The molecule has 1 aromatic carbocycles. The Morgan fingerprint density at radius 2 is 2.00 bits per heavy atom. The maximum atomic E-state index is 10.2. The Morgan fingerprint density at radius 1 is 1.33 bits per heavy atom. The van der Waals surface area contributed by atoms with Crippen LogP contribution in [0.5, 0.6) is 0 Å². The molecule has 1 nitrogen and oxygen atoms in total. The van der Waals surface area contributed by atoms with Crippen LogP contribution in [0.4, 0.5) is 0 Å². The van der Waals surface area contributed by atoms with Crippen molar-refractivity contribution < 1.29 is 4.79 Å². The van der Waals surface area contributed by atoms with Crippen LogP contribution in [0, 0.1) is 10.7 Å². The topological polar surface area (TPSA) is 17.1 Å². The van der Waals surface area contributed by atoms with Crippen LogP contribution in [0.15, 0.2) is 30.3 Å². The van der Waals surface area contributed by atoms with E-state index in [-0.39, 0.29) is 15.0 Å². The van der Waals surface area contributed by atoms with Crippen LogP contribution < -0.4 is 4.46 Å². The molecule has 0 N–H and O–H groups in total. The maximum absolute atomic E-state index is 10.2. The van der Waals surface area contributed by atoms with Crippen LogP contribution in [-0.4, -0.2) is 20.2 Å². The van der Waals surface area contributed by atoms with Crippen molar-refractivity contribution in [2.45, 2.75) is 0 Å². The van der Waals surface area contributed by atoms with Crippen LogP contribution in [-0.2, 0) is 4.79 Å². The number of rotatable bonds is 1. The van der Waals surface area contributed by atoms with Crippen LogP contribution in [0.25, 0.3) is 0 Å². The van der Waals surface area contributed by atoms with Gasteiger partial charge >= 0.3 is 82.1 Å². The Balaban J connectivity index is 2.56. The molecule has 1 rings (SSSR count). The summed E-state index contributed by atoms with van der Waals surface area (Å²) >= 11 is 5.08. The first-order valence-electron chi connectivity index (χ1n) is 3.21. The van der Waals surface area contributed by atoms with E-state index in [9.17, 15) is 4.79 Å². The number of benzene rings is 1. The molecular formula is C9H5ClOSe. The van der Waals surface area contributed by atoms with E-state index in [1.54, 1.807) is 0 Å². The average molecular weight is 244 g/mol. The predicted molar refractivity (Wildman–Crippen MR) is 50.5 cm³/mol. The van der Waals surface area contributed by atoms with Gasteiger partial charge in [0.05, 0.1) is 0 Å². The van der Waals surface area contributed by atoms with Gasteiger partial charge in [0.15, 0.2) is 0 Å². The van der Waals surface area contributed by atoms with Gasteiger partial charge in [-0.1, -0.05) is 0 Å². The van der Waals surface area contributed by atoms with E-state index < -0.39 is 5.24 Å². The summed E-state index contributed by atoms with van der Waals surface area (Å²) in [6.45, 7) is 0. The molecule has 0 unspecified atom stereocenters. The van der Waals surface area contributed by atoms with Gasteiger partial charge < -0.3 is 0 Å². The Hall–Kier alpha value is -0.741. The first kappa shape index (κ1) is 9.35. The van der Waals surface area contributed by atoms with Gasteiger partial charge in [-0.2, -0.15) is 0 Å². The normalized spacial score (nSPS) is 8.42. The Kier molecular flexibility index (Phi) is 3.90. The van der Waals surface area contributed by atoms with E-state index in [1.807, 2.05) is 30.3 Å². The van der Waals surface area contributed by atoms with E-state index in [1.165, 1.54) is 0 Å². The summed E-state index contributed by atoms with van der Waals surface area (Å²) in [7, 11) is 0. The molecule has 0 spiro atoms. The molecule has 60 valence electrons. The second-order valence-corrected chi connectivity index (χ2v) is 4.10. The monoisotopic (exact) mass is 244 g/mol. The zero-order chi connectivity index (χ0) is 8.81. The van der Waals surface area contributed by atoms with E-state index >= 15 is 0 Å². The molecule has 0 aliphatic carbocycles. The Morgan fingerprint density at radius 3 is 2.58 bits per heavy atom. The third kappa shape index (κ3) is 3.59. The van der Waals surface area contributed by atoms with Gasteiger partial charge in [-0.05, 0) is 0 Å². The molecule has 0 aliphatic heterocycles. The summed E-state index contributed by atoms with van der Waals surface area (Å²) in [6, 6.07) is 9.79. The van der Waals surface area contributed by atoms with Gasteiger partial charge in [-0.15, -0.1) is 0 Å². The van der Waals surface area contributed by atoms with E-state index in [4.69, 9.17) is 11.6 Å². The Bertz CT molecular complexity index is 323. The summed E-state index contributed by atoms with van der Waals surface area (Å²) in [5, 5.41) is -0.590. The molecular weight excluding hydrogens is 239 g/mol. The van der Waals surface area contributed by atoms with Gasteiger partial charge in [0.2, 0.25) is 0 Å². The standard InChI is InChI=1S/C9H5ClOSe/c10-9(11)6-7-12-8-4-2-1-3-5-8/h1-5H. The van der Waals surface area contributed by atoms with Gasteiger partial charge in [-0.25, -0.2) is 0 Å². The van der Waals surface area contributed by atoms with Crippen molar-refractivity contribution in [2.75, 3.05) is 0 Å². The van der Waals surface area contributed by atoms with E-state index in [0.717, 1.165) is 4.46 Å². The van der Waals surface area contributed by atoms with E-state index in [0.29, 0.717) is 0 Å². The van der Waals surface area contributed by atoms with Crippen molar-refractivity contribution in [3.8, 4) is 10.7 Å². The molecule has 0 saturated heterocycles. The molecule has 0 atom stereocenters. The number of hydrogen-bond acceptors (Lipinski definition) is 1. The minimum atomic E-state index is -0.590. The molecule has 0 fully saturated rings. The van der Waals surface area contributed by atoms with Crippen LogP contribution in [0.2, 0.25) is 0 Å². The van der Waals surface area contributed by atoms with Gasteiger partial charge in [-0.3, -0.25) is 0 Å². The first-order chi connectivity index (χ1) is 5.79. The molecule has 12 heavy (non-hydrogen) atoms. The van der Waals surface area contributed by atoms with Crippen molar-refractivity contribution >= 4 is 36.3 Å². The second kappa shape index (κ2) is 5.00. The molecule has 0 amide bonds. The van der Waals surface area contributed by atoms with Crippen LogP contribution in [0.1, 0.15) is 0 Å². The molecule has 0 saturated carbocycles. The summed E-state index contributed by atoms with van der Waals surface area (Å²) in [5.41, 5.74) is 0. The fourth-order valence-electron chi connectivity index (χ4n) is 0.613. The van der Waals surface area contributed by atoms with Crippen molar-refractivity contribution in [1.82, 2.24) is 0 Å². The summed E-state index contributed by atoms with van der Waals surface area (Å²) < 4.78 is 1.15. The summed E-state index contributed by atoms with van der Waals surface area (Å²) in [4.78, 5) is 13.0. The van der Waals surface area contributed by atoms with Gasteiger partial charge in [0.1, 0.15) is 0 Å². The third-order valence-electron chi connectivity index (χ3n) is 1.06. The quantitative estimate of drug-likeness (QED) is 0.404. The van der Waals surface area contributed by atoms with E-state index in [2.05, 4.69) is 10.7 Å². The predicted octanol–water partition coefficient (Wildman–Crippen LogP) is 0.742. The first-order valence-corrected chi connectivity index (χ1v) is 5.30. The third-order valence-corrected chi connectivity index (χ3v) is 2.65. The number of hydrogen-bond donors (Lipinski definition) is 0. The zero-order valence-electron chi connectivity index (χ0n) is 6.08. The van der Waals surface area contributed by atoms with Crippen LogP contribution in [0.3, 0.4) is 0 Å². The van der Waals surface area contributed by atoms with Crippen molar-refractivity contribution in [3.63, 3.8) is 0 Å². The number of halogens is 1. The summed E-state index contributed by atoms with van der Waals surface area (Å²) in [6.07, 6.45) is 0. The summed E-state index contributed by atoms with van der Waals surface area (Å²) in [5.74, 6) is 2.30. The molecule has 0 heterocycles. The fourth-order valence-corrected chi connectivity index (χ4v) is 1.95. The van der Waals surface area contributed by atoms with Gasteiger partial charge in [0.25, 0.3) is 0 Å². The fraction of sp³-hybridized carbons (Fsp3) is 0. The zero-order valence-corrected chi connectivity index (χ0v) is 8.55. The average Bonchev–Trinajstić information content (AvgIpc) is 2.05. The van der Waals surface area contributed by atoms with Crippen LogP contribution >= 0.6 is 11.6 Å². The molecule has 0 bridgehead atoms. The number of carbonyl (C=O) groups is 1. The van der Waals surface area contributed by atoms with Crippen molar-refractivity contribution in [2.24, 2.45) is 0 Å². The number of carbonyl (C=O) groups excluding carboxylic acids is 1.